The van der Waals surface area contributed by atoms with Crippen molar-refractivity contribution in [2.45, 2.75) is 32.1 Å². The lowest BCUT2D eigenvalue weighted by atomic mass is 10.1. The van der Waals surface area contributed by atoms with Gasteiger partial charge in [-0.1, -0.05) is 47.7 Å². The van der Waals surface area contributed by atoms with Crippen molar-refractivity contribution in [2.24, 2.45) is 0 Å². The molecule has 28 heavy (non-hydrogen) atoms. The quantitative estimate of drug-likeness (QED) is 0.623. The molecule has 0 aliphatic rings. The Bertz CT molecular complexity index is 1000. The average Bonchev–Trinajstić information content (AvgIpc) is 3.14. The zero-order valence-corrected chi connectivity index (χ0v) is 16.7. The van der Waals surface area contributed by atoms with Crippen molar-refractivity contribution in [1.29, 1.82) is 5.26 Å². The van der Waals surface area contributed by atoms with Crippen molar-refractivity contribution in [1.82, 2.24) is 20.1 Å². The van der Waals surface area contributed by atoms with Crippen LogP contribution in [0, 0.1) is 18.3 Å². The standard InChI is InChI=1S/C21H21N5OS/c1-3-26-20(18-6-4-5-15(2)11-18)24-25-21(26)28-14-19(27)23-13-17-9-7-16(12-22)8-10-17/h4-11H,3,13-14H2,1-2H3,(H,23,27). The largest absolute Gasteiger partial charge is 0.351 e. The molecule has 3 rings (SSSR count). The molecule has 6 nitrogen and oxygen atoms in total. The minimum absolute atomic E-state index is 0.0721. The van der Waals surface area contributed by atoms with E-state index in [9.17, 15) is 4.79 Å². The van der Waals surface area contributed by atoms with Gasteiger partial charge >= 0.3 is 0 Å². The molecular formula is C21H21N5OS. The summed E-state index contributed by atoms with van der Waals surface area (Å²) in [5.74, 6) is 1.01. The van der Waals surface area contributed by atoms with Crippen LogP contribution < -0.4 is 5.32 Å². The number of nitrogens with one attached hydrogen (secondary N) is 1. The minimum atomic E-state index is -0.0721. The maximum Gasteiger partial charge on any atom is 0.230 e. The molecule has 1 aromatic heterocycles. The van der Waals surface area contributed by atoms with E-state index in [-0.39, 0.29) is 11.7 Å². The Morgan fingerprint density at radius 2 is 2.00 bits per heavy atom. The topological polar surface area (TPSA) is 83.6 Å². The van der Waals surface area contributed by atoms with Gasteiger partial charge in [0.05, 0.1) is 17.4 Å². The minimum Gasteiger partial charge on any atom is -0.351 e. The van der Waals surface area contributed by atoms with Crippen LogP contribution in [0.1, 0.15) is 23.6 Å². The number of carbonyl (C=O) groups excluding carboxylic acids is 1. The van der Waals surface area contributed by atoms with E-state index < -0.39 is 0 Å². The van der Waals surface area contributed by atoms with E-state index in [1.165, 1.54) is 17.3 Å². The van der Waals surface area contributed by atoms with Crippen LogP contribution in [-0.4, -0.2) is 26.4 Å². The number of hydrogen-bond acceptors (Lipinski definition) is 5. The van der Waals surface area contributed by atoms with Crippen molar-refractivity contribution in [3.63, 3.8) is 0 Å². The molecule has 0 aliphatic carbocycles. The van der Waals surface area contributed by atoms with Gasteiger partial charge in [0, 0.05) is 18.7 Å². The zero-order valence-electron chi connectivity index (χ0n) is 15.8. The Morgan fingerprint density at radius 3 is 2.68 bits per heavy atom. The highest BCUT2D eigenvalue weighted by molar-refractivity contribution is 7.99. The third kappa shape index (κ3) is 4.78. The van der Waals surface area contributed by atoms with E-state index in [2.05, 4.69) is 27.6 Å². The fraction of sp³-hybridized carbons (Fsp3) is 0.238. The van der Waals surface area contributed by atoms with Gasteiger partial charge in [-0.05, 0) is 37.6 Å². The molecule has 2 aromatic carbocycles. The maximum absolute atomic E-state index is 12.2. The van der Waals surface area contributed by atoms with E-state index in [1.807, 2.05) is 48.7 Å². The molecule has 0 bridgehead atoms. The van der Waals surface area contributed by atoms with E-state index in [1.54, 1.807) is 12.1 Å². The van der Waals surface area contributed by atoms with Gasteiger partial charge in [0.15, 0.2) is 11.0 Å². The summed E-state index contributed by atoms with van der Waals surface area (Å²) in [7, 11) is 0. The molecule has 1 N–H and O–H groups in total. The van der Waals surface area contributed by atoms with Crippen molar-refractivity contribution < 1.29 is 4.79 Å². The summed E-state index contributed by atoms with van der Waals surface area (Å²) in [5.41, 5.74) is 3.75. The first-order valence-electron chi connectivity index (χ1n) is 8.99. The first-order valence-corrected chi connectivity index (χ1v) is 9.98. The lowest BCUT2D eigenvalue weighted by molar-refractivity contribution is -0.118. The highest BCUT2D eigenvalue weighted by Crippen LogP contribution is 2.24. The predicted octanol–water partition coefficient (Wildman–Crippen LogP) is 3.55. The monoisotopic (exact) mass is 391 g/mol. The number of nitrogens with zero attached hydrogens (tertiary/aromatic N) is 4. The smallest absolute Gasteiger partial charge is 0.230 e. The number of benzene rings is 2. The van der Waals surface area contributed by atoms with E-state index in [0.29, 0.717) is 12.1 Å². The van der Waals surface area contributed by atoms with Crippen molar-refractivity contribution >= 4 is 17.7 Å². The van der Waals surface area contributed by atoms with Crippen LogP contribution in [-0.2, 0) is 17.9 Å². The van der Waals surface area contributed by atoms with Crippen molar-refractivity contribution in [2.75, 3.05) is 5.75 Å². The molecule has 142 valence electrons. The number of carbonyl (C=O) groups is 1. The van der Waals surface area contributed by atoms with Gasteiger partial charge in [-0.3, -0.25) is 4.79 Å². The Hall–Kier alpha value is -3.11. The number of thioether (sulfide) groups is 1. The number of amides is 1. The molecule has 0 radical (unpaired) electrons. The number of rotatable bonds is 7. The van der Waals surface area contributed by atoms with E-state index in [0.717, 1.165) is 28.7 Å². The summed E-state index contributed by atoms with van der Waals surface area (Å²) in [6.07, 6.45) is 0. The number of hydrogen-bond donors (Lipinski definition) is 1. The van der Waals surface area contributed by atoms with Crippen LogP contribution in [0.25, 0.3) is 11.4 Å². The molecule has 1 heterocycles. The second kappa shape index (κ2) is 9.20. The summed E-state index contributed by atoms with van der Waals surface area (Å²) in [5, 5.41) is 21.0. The first kappa shape index (κ1) is 19.6. The van der Waals surface area contributed by atoms with Gasteiger partial charge in [0.25, 0.3) is 0 Å². The van der Waals surface area contributed by atoms with Gasteiger partial charge in [-0.2, -0.15) is 5.26 Å². The van der Waals surface area contributed by atoms with Crippen molar-refractivity contribution in [3.8, 4) is 17.5 Å². The Kier molecular flexibility index (Phi) is 6.45. The van der Waals surface area contributed by atoms with Gasteiger partial charge in [0.1, 0.15) is 0 Å². The fourth-order valence-corrected chi connectivity index (χ4v) is 3.59. The number of nitriles is 1. The Morgan fingerprint density at radius 1 is 1.21 bits per heavy atom. The molecule has 0 aliphatic heterocycles. The summed E-state index contributed by atoms with van der Waals surface area (Å²) in [6, 6.07) is 17.4. The third-order valence-corrected chi connectivity index (χ3v) is 5.18. The summed E-state index contributed by atoms with van der Waals surface area (Å²) >= 11 is 1.37. The second-order valence-electron chi connectivity index (χ2n) is 6.29. The SMILES string of the molecule is CCn1c(SCC(=O)NCc2ccc(C#N)cc2)nnc1-c1cccc(C)c1. The van der Waals surface area contributed by atoms with Crippen LogP contribution in [0.3, 0.4) is 0 Å². The molecule has 0 spiro atoms. The Balaban J connectivity index is 1.59. The summed E-state index contributed by atoms with van der Waals surface area (Å²) in [6.45, 7) is 5.24. The van der Waals surface area contributed by atoms with E-state index in [4.69, 9.17) is 5.26 Å². The highest BCUT2D eigenvalue weighted by Gasteiger charge is 2.14. The molecule has 0 atom stereocenters. The molecule has 1 amide bonds. The van der Waals surface area contributed by atoms with Gasteiger partial charge < -0.3 is 9.88 Å². The molecular weight excluding hydrogens is 370 g/mol. The molecule has 0 saturated heterocycles. The molecule has 3 aromatic rings. The molecule has 0 saturated carbocycles. The number of aryl methyl sites for hydroxylation is 1. The summed E-state index contributed by atoms with van der Waals surface area (Å²) in [4.78, 5) is 12.2. The van der Waals surface area contributed by atoms with Crippen molar-refractivity contribution in [3.05, 3.63) is 65.2 Å². The van der Waals surface area contributed by atoms with Gasteiger partial charge in [-0.15, -0.1) is 10.2 Å². The highest BCUT2D eigenvalue weighted by atomic mass is 32.2. The molecule has 7 heteroatoms. The lowest BCUT2D eigenvalue weighted by Crippen LogP contribution is -2.24. The second-order valence-corrected chi connectivity index (χ2v) is 7.24. The molecule has 0 unspecified atom stereocenters. The normalized spacial score (nSPS) is 10.5. The zero-order chi connectivity index (χ0) is 19.9. The van der Waals surface area contributed by atoms with Crippen LogP contribution >= 0.6 is 11.8 Å². The maximum atomic E-state index is 12.2. The third-order valence-electron chi connectivity index (χ3n) is 4.21. The predicted molar refractivity (Wildman–Crippen MR) is 110 cm³/mol. The van der Waals surface area contributed by atoms with Gasteiger partial charge in [0.2, 0.25) is 5.91 Å². The van der Waals surface area contributed by atoms with Crippen LogP contribution in [0.4, 0.5) is 0 Å². The lowest BCUT2D eigenvalue weighted by Gasteiger charge is -2.08. The molecule has 0 fully saturated rings. The van der Waals surface area contributed by atoms with E-state index >= 15 is 0 Å². The fourth-order valence-electron chi connectivity index (χ4n) is 2.76. The summed E-state index contributed by atoms with van der Waals surface area (Å²) < 4.78 is 2.02. The van der Waals surface area contributed by atoms with Crippen LogP contribution in [0.15, 0.2) is 53.7 Å². The van der Waals surface area contributed by atoms with Crippen LogP contribution in [0.2, 0.25) is 0 Å². The first-order chi connectivity index (χ1) is 13.6. The number of aromatic nitrogens is 3. The Labute approximate surface area is 168 Å². The average molecular weight is 392 g/mol. The van der Waals surface area contributed by atoms with Gasteiger partial charge in [-0.25, -0.2) is 0 Å². The van der Waals surface area contributed by atoms with Crippen LogP contribution in [0.5, 0.6) is 0 Å².